The first-order chi connectivity index (χ1) is 12.1. The summed E-state index contributed by atoms with van der Waals surface area (Å²) in [4.78, 5) is 22.1. The number of aryl methyl sites for hydroxylation is 1. The van der Waals surface area contributed by atoms with Gasteiger partial charge in [-0.25, -0.2) is 4.98 Å². The third-order valence-corrected chi connectivity index (χ3v) is 5.02. The molecule has 3 rings (SSSR count). The SMILES string of the molecule is COc1ccccc1[C@H](C)NC(=O)c1sc(-c2ccccn2)nc1C. The monoisotopic (exact) mass is 353 g/mol. The zero-order valence-electron chi connectivity index (χ0n) is 14.3. The van der Waals surface area contributed by atoms with E-state index in [1.165, 1.54) is 11.3 Å². The summed E-state index contributed by atoms with van der Waals surface area (Å²) in [7, 11) is 1.62. The molecule has 0 aliphatic rings. The van der Waals surface area contributed by atoms with Crippen LogP contribution in [0.25, 0.3) is 10.7 Å². The molecule has 0 saturated carbocycles. The molecule has 128 valence electrons. The Morgan fingerprint density at radius 1 is 1.20 bits per heavy atom. The lowest BCUT2D eigenvalue weighted by Crippen LogP contribution is -2.26. The van der Waals surface area contributed by atoms with Crippen molar-refractivity contribution in [2.75, 3.05) is 7.11 Å². The molecule has 6 heteroatoms. The number of carbonyl (C=O) groups excluding carboxylic acids is 1. The van der Waals surface area contributed by atoms with E-state index >= 15 is 0 Å². The summed E-state index contributed by atoms with van der Waals surface area (Å²) in [6.07, 6.45) is 1.72. The molecule has 1 aromatic carbocycles. The zero-order valence-corrected chi connectivity index (χ0v) is 15.1. The van der Waals surface area contributed by atoms with Gasteiger partial charge in [0.05, 0.1) is 24.5 Å². The second kappa shape index (κ2) is 7.44. The van der Waals surface area contributed by atoms with Crippen molar-refractivity contribution in [3.8, 4) is 16.5 Å². The van der Waals surface area contributed by atoms with Gasteiger partial charge in [0.25, 0.3) is 5.91 Å². The minimum Gasteiger partial charge on any atom is -0.496 e. The van der Waals surface area contributed by atoms with Crippen LogP contribution in [0.5, 0.6) is 5.75 Å². The van der Waals surface area contributed by atoms with Crippen molar-refractivity contribution in [1.82, 2.24) is 15.3 Å². The van der Waals surface area contributed by atoms with Gasteiger partial charge in [-0.1, -0.05) is 24.3 Å². The molecule has 1 N–H and O–H groups in total. The molecule has 0 aliphatic carbocycles. The van der Waals surface area contributed by atoms with Crippen LogP contribution in [-0.4, -0.2) is 23.0 Å². The van der Waals surface area contributed by atoms with Gasteiger partial charge in [0.2, 0.25) is 0 Å². The Morgan fingerprint density at radius 3 is 2.68 bits per heavy atom. The predicted octanol–water partition coefficient (Wildman–Crippen LogP) is 4.01. The van der Waals surface area contributed by atoms with Crippen molar-refractivity contribution in [1.29, 1.82) is 0 Å². The zero-order chi connectivity index (χ0) is 17.8. The first-order valence-electron chi connectivity index (χ1n) is 7.92. The van der Waals surface area contributed by atoms with Crippen LogP contribution < -0.4 is 10.1 Å². The van der Waals surface area contributed by atoms with E-state index in [1.807, 2.05) is 56.3 Å². The lowest BCUT2D eigenvalue weighted by atomic mass is 10.1. The van der Waals surface area contributed by atoms with Gasteiger partial charge >= 0.3 is 0 Å². The standard InChI is InChI=1S/C19H19N3O2S/c1-12(14-8-4-5-10-16(14)24-3)21-18(23)17-13(2)22-19(25-17)15-9-6-7-11-20-15/h4-12H,1-3H3,(H,21,23)/t12-/m0/s1. The molecule has 1 amide bonds. The van der Waals surface area contributed by atoms with Crippen molar-refractivity contribution in [3.05, 3.63) is 64.8 Å². The van der Waals surface area contributed by atoms with E-state index in [9.17, 15) is 4.79 Å². The lowest BCUT2D eigenvalue weighted by molar-refractivity contribution is 0.0943. The Labute approximate surface area is 150 Å². The van der Waals surface area contributed by atoms with E-state index < -0.39 is 0 Å². The molecule has 0 radical (unpaired) electrons. The Kier molecular flexibility index (Phi) is 5.09. The van der Waals surface area contributed by atoms with Gasteiger partial charge in [-0.05, 0) is 32.0 Å². The number of ether oxygens (including phenoxy) is 1. The maximum absolute atomic E-state index is 12.7. The van der Waals surface area contributed by atoms with Crippen LogP contribution in [-0.2, 0) is 0 Å². The van der Waals surface area contributed by atoms with Crippen molar-refractivity contribution in [3.63, 3.8) is 0 Å². The van der Waals surface area contributed by atoms with Crippen LogP contribution in [0.15, 0.2) is 48.7 Å². The fourth-order valence-corrected chi connectivity index (χ4v) is 3.52. The van der Waals surface area contributed by atoms with E-state index in [4.69, 9.17) is 4.74 Å². The number of aromatic nitrogens is 2. The fourth-order valence-electron chi connectivity index (χ4n) is 2.57. The molecular formula is C19H19N3O2S. The Balaban J connectivity index is 1.81. The molecule has 0 fully saturated rings. The minimum atomic E-state index is -0.177. The number of methoxy groups -OCH3 is 1. The summed E-state index contributed by atoms with van der Waals surface area (Å²) in [6.45, 7) is 3.78. The number of benzene rings is 1. The number of nitrogens with one attached hydrogen (secondary N) is 1. The quantitative estimate of drug-likeness (QED) is 0.753. The van der Waals surface area contributed by atoms with Crippen LogP contribution in [0, 0.1) is 6.92 Å². The third kappa shape index (κ3) is 3.69. The lowest BCUT2D eigenvalue weighted by Gasteiger charge is -2.16. The summed E-state index contributed by atoms with van der Waals surface area (Å²) >= 11 is 1.35. The molecule has 0 saturated heterocycles. The normalized spacial score (nSPS) is 11.8. The van der Waals surface area contributed by atoms with E-state index in [1.54, 1.807) is 13.3 Å². The summed E-state index contributed by atoms with van der Waals surface area (Å²) in [5.41, 5.74) is 2.41. The number of hydrogen-bond donors (Lipinski definition) is 1. The number of thiazole rings is 1. The van der Waals surface area contributed by atoms with E-state index in [0.717, 1.165) is 22.0 Å². The number of nitrogens with zero attached hydrogens (tertiary/aromatic N) is 2. The molecule has 25 heavy (non-hydrogen) atoms. The summed E-state index contributed by atoms with van der Waals surface area (Å²) in [5.74, 6) is 0.612. The molecule has 3 aromatic rings. The van der Waals surface area contributed by atoms with Crippen molar-refractivity contribution >= 4 is 17.2 Å². The maximum atomic E-state index is 12.7. The van der Waals surface area contributed by atoms with Gasteiger partial charge in [0, 0.05) is 11.8 Å². The van der Waals surface area contributed by atoms with Crippen LogP contribution in [0.4, 0.5) is 0 Å². The van der Waals surface area contributed by atoms with Gasteiger partial charge < -0.3 is 10.1 Å². The molecule has 0 aliphatic heterocycles. The van der Waals surface area contributed by atoms with E-state index in [0.29, 0.717) is 10.6 Å². The summed E-state index contributed by atoms with van der Waals surface area (Å²) in [6, 6.07) is 13.1. The molecule has 2 heterocycles. The van der Waals surface area contributed by atoms with Crippen LogP contribution in [0.3, 0.4) is 0 Å². The average Bonchev–Trinajstić information content (AvgIpc) is 3.04. The first-order valence-corrected chi connectivity index (χ1v) is 8.74. The van der Waals surface area contributed by atoms with E-state index in [-0.39, 0.29) is 11.9 Å². The highest BCUT2D eigenvalue weighted by Crippen LogP contribution is 2.28. The Bertz CT molecular complexity index is 877. The second-order valence-electron chi connectivity index (χ2n) is 5.59. The smallest absolute Gasteiger partial charge is 0.263 e. The van der Waals surface area contributed by atoms with Gasteiger partial charge in [-0.3, -0.25) is 9.78 Å². The molecule has 0 unspecified atom stereocenters. The number of amides is 1. The average molecular weight is 353 g/mol. The Morgan fingerprint density at radius 2 is 1.96 bits per heavy atom. The number of rotatable bonds is 5. The second-order valence-corrected chi connectivity index (χ2v) is 6.58. The number of pyridine rings is 1. The van der Waals surface area contributed by atoms with Crippen LogP contribution in [0.1, 0.15) is 33.9 Å². The van der Waals surface area contributed by atoms with Crippen LogP contribution >= 0.6 is 11.3 Å². The molecule has 5 nitrogen and oxygen atoms in total. The highest BCUT2D eigenvalue weighted by Gasteiger charge is 2.20. The van der Waals surface area contributed by atoms with Gasteiger partial charge in [0.15, 0.2) is 0 Å². The highest BCUT2D eigenvalue weighted by molar-refractivity contribution is 7.17. The van der Waals surface area contributed by atoms with E-state index in [2.05, 4.69) is 15.3 Å². The van der Waals surface area contributed by atoms with Crippen molar-refractivity contribution < 1.29 is 9.53 Å². The Hall–Kier alpha value is -2.73. The summed E-state index contributed by atoms with van der Waals surface area (Å²) in [5, 5.41) is 3.77. The topological polar surface area (TPSA) is 64.1 Å². The molecular weight excluding hydrogens is 334 g/mol. The molecule has 2 aromatic heterocycles. The third-order valence-electron chi connectivity index (χ3n) is 3.84. The molecule has 0 bridgehead atoms. The number of carbonyl (C=O) groups is 1. The molecule has 1 atom stereocenters. The summed E-state index contributed by atoms with van der Waals surface area (Å²) < 4.78 is 5.37. The molecule has 0 spiro atoms. The van der Waals surface area contributed by atoms with Gasteiger partial charge in [-0.2, -0.15) is 0 Å². The minimum absolute atomic E-state index is 0.143. The van der Waals surface area contributed by atoms with Gasteiger partial charge in [-0.15, -0.1) is 11.3 Å². The highest BCUT2D eigenvalue weighted by atomic mass is 32.1. The number of para-hydroxylation sites is 1. The maximum Gasteiger partial charge on any atom is 0.263 e. The van der Waals surface area contributed by atoms with Crippen molar-refractivity contribution in [2.45, 2.75) is 19.9 Å². The predicted molar refractivity (Wildman–Crippen MR) is 99.0 cm³/mol. The largest absolute Gasteiger partial charge is 0.496 e. The fraction of sp³-hybridized carbons (Fsp3) is 0.211. The van der Waals surface area contributed by atoms with Crippen LogP contribution in [0.2, 0.25) is 0 Å². The first kappa shape index (κ1) is 17.1. The van der Waals surface area contributed by atoms with Gasteiger partial charge in [0.1, 0.15) is 15.6 Å². The van der Waals surface area contributed by atoms with Crippen molar-refractivity contribution in [2.24, 2.45) is 0 Å². The number of hydrogen-bond acceptors (Lipinski definition) is 5.